The Morgan fingerprint density at radius 1 is 0.500 bits per heavy atom. The highest BCUT2D eigenvalue weighted by Crippen LogP contribution is 2.27. The van der Waals surface area contributed by atoms with Crippen LogP contribution in [0.1, 0.15) is 41.4 Å². The molecule has 0 spiro atoms. The fourth-order valence-corrected chi connectivity index (χ4v) is 2.81. The molecule has 12 nitrogen and oxygen atoms in total. The second-order valence-electron chi connectivity index (χ2n) is 6.48. The first kappa shape index (κ1) is 21.7. The van der Waals surface area contributed by atoms with Gasteiger partial charge in [-0.1, -0.05) is 0 Å². The Morgan fingerprint density at radius 3 is 0.969 bits per heavy atom. The van der Waals surface area contributed by atoms with Gasteiger partial charge in [-0.25, -0.2) is 19.2 Å². The second-order valence-corrected chi connectivity index (χ2v) is 6.48. The van der Waals surface area contributed by atoms with E-state index in [1.54, 1.807) is 0 Å². The van der Waals surface area contributed by atoms with Crippen LogP contribution in [0.3, 0.4) is 0 Å². The van der Waals surface area contributed by atoms with Gasteiger partial charge in [0.15, 0.2) is 0 Å². The summed E-state index contributed by atoms with van der Waals surface area (Å²) in [6.45, 7) is 0. The van der Waals surface area contributed by atoms with Crippen molar-refractivity contribution in [3.8, 4) is 0 Å². The third kappa shape index (κ3) is 4.14. The first-order valence-electron chi connectivity index (χ1n) is 8.58. The van der Waals surface area contributed by atoms with Crippen LogP contribution in [-0.2, 0) is 0 Å². The first-order chi connectivity index (χ1) is 15.0. The standard InChI is InChI=1S/C20H12N2O10/c23-15-13(21-11-3-7(17(25)26)1-8(4-11)18(27)28)14(16(15)24)22-12-5-9(19(29)30)2-10(6-12)20(31)32/h1-6,21-22H,(H,25,26)(H,27,28)(H,29,30)(H,31,32). The first-order valence-corrected chi connectivity index (χ1v) is 8.58. The van der Waals surface area contributed by atoms with Crippen LogP contribution in [-0.4, -0.2) is 44.3 Å². The van der Waals surface area contributed by atoms with Gasteiger partial charge in [0.1, 0.15) is 11.4 Å². The molecule has 0 saturated carbocycles. The number of hydrogen-bond acceptors (Lipinski definition) is 8. The second kappa shape index (κ2) is 8.02. The molecule has 6 N–H and O–H groups in total. The normalized spacial score (nSPS) is 10.5. The van der Waals surface area contributed by atoms with Crippen molar-refractivity contribution in [2.75, 3.05) is 10.6 Å². The molecule has 0 bridgehead atoms. The number of nitrogens with one attached hydrogen (secondary N) is 2. The molecule has 0 aliphatic heterocycles. The number of benzene rings is 2. The summed E-state index contributed by atoms with van der Waals surface area (Å²) in [6, 6.07) is 5.99. The lowest BCUT2D eigenvalue weighted by Gasteiger charge is -2.16. The molecular formula is C20H12N2O10. The van der Waals surface area contributed by atoms with Crippen LogP contribution >= 0.6 is 0 Å². The molecule has 0 radical (unpaired) electrons. The summed E-state index contributed by atoms with van der Waals surface area (Å²) < 4.78 is 0. The van der Waals surface area contributed by atoms with Crippen molar-refractivity contribution in [1.29, 1.82) is 0 Å². The van der Waals surface area contributed by atoms with Crippen molar-refractivity contribution >= 4 is 46.6 Å². The topological polar surface area (TPSA) is 207 Å². The largest absolute Gasteiger partial charge is 0.478 e. The maximum absolute atomic E-state index is 12.0. The average Bonchev–Trinajstić information content (AvgIpc) is 2.75. The molecule has 0 aromatic heterocycles. The minimum Gasteiger partial charge on any atom is -0.478 e. The van der Waals surface area contributed by atoms with Crippen molar-refractivity contribution in [3.63, 3.8) is 0 Å². The van der Waals surface area contributed by atoms with Crippen LogP contribution < -0.4 is 21.5 Å². The Labute approximate surface area is 176 Å². The number of rotatable bonds is 8. The van der Waals surface area contributed by atoms with Crippen molar-refractivity contribution in [2.24, 2.45) is 0 Å². The molecule has 0 atom stereocenters. The molecule has 162 valence electrons. The molecule has 3 aromatic carbocycles. The number of anilines is 4. The third-order valence-corrected chi connectivity index (χ3v) is 4.30. The molecule has 0 heterocycles. The molecule has 0 aliphatic rings. The minimum atomic E-state index is -1.42. The van der Waals surface area contributed by atoms with E-state index in [0.29, 0.717) is 0 Å². The summed E-state index contributed by atoms with van der Waals surface area (Å²) in [6.07, 6.45) is 0. The van der Waals surface area contributed by atoms with Crippen molar-refractivity contribution < 1.29 is 39.6 Å². The SMILES string of the molecule is O=C(O)c1cc(Nc2c(Nc3cc(C(=O)O)cc(C(=O)O)c3)c(=O)c2=O)cc(C(=O)O)c1. The van der Waals surface area contributed by atoms with E-state index >= 15 is 0 Å². The van der Waals surface area contributed by atoms with E-state index < -0.39 is 34.7 Å². The Bertz CT molecular complexity index is 1210. The maximum atomic E-state index is 12.0. The quantitative estimate of drug-likeness (QED) is 0.276. The molecule has 0 aliphatic carbocycles. The summed E-state index contributed by atoms with van der Waals surface area (Å²) in [5.74, 6) is -5.70. The van der Waals surface area contributed by atoms with Gasteiger partial charge in [-0.3, -0.25) is 9.59 Å². The lowest BCUT2D eigenvalue weighted by atomic mass is 10.1. The average molecular weight is 440 g/mol. The number of carboxylic acids is 4. The van der Waals surface area contributed by atoms with Gasteiger partial charge < -0.3 is 31.1 Å². The summed E-state index contributed by atoms with van der Waals surface area (Å²) in [4.78, 5) is 69.0. The monoisotopic (exact) mass is 440 g/mol. The predicted octanol–water partition coefficient (Wildman–Crippen LogP) is 1.56. The van der Waals surface area contributed by atoms with Crippen LogP contribution in [0.15, 0.2) is 46.0 Å². The fraction of sp³-hybridized carbons (Fsp3) is 0. The lowest BCUT2D eigenvalue weighted by molar-refractivity contribution is 0.0676. The molecule has 0 unspecified atom stereocenters. The van der Waals surface area contributed by atoms with E-state index in [9.17, 15) is 28.8 Å². The molecule has 32 heavy (non-hydrogen) atoms. The van der Waals surface area contributed by atoms with Gasteiger partial charge in [0, 0.05) is 11.4 Å². The zero-order valence-corrected chi connectivity index (χ0v) is 15.7. The van der Waals surface area contributed by atoms with Crippen LogP contribution in [0.25, 0.3) is 0 Å². The van der Waals surface area contributed by atoms with Gasteiger partial charge >= 0.3 is 23.9 Å². The zero-order valence-electron chi connectivity index (χ0n) is 15.7. The van der Waals surface area contributed by atoms with Gasteiger partial charge in [0.2, 0.25) is 0 Å². The van der Waals surface area contributed by atoms with Crippen molar-refractivity contribution in [3.05, 3.63) is 79.1 Å². The van der Waals surface area contributed by atoms with E-state index in [1.165, 1.54) is 0 Å². The summed E-state index contributed by atoms with van der Waals surface area (Å²) >= 11 is 0. The molecular weight excluding hydrogens is 428 g/mol. The number of carbonyl (C=O) groups is 4. The Balaban J connectivity index is 2.01. The highest BCUT2D eigenvalue weighted by Gasteiger charge is 2.23. The van der Waals surface area contributed by atoms with E-state index in [2.05, 4.69) is 10.6 Å². The van der Waals surface area contributed by atoms with E-state index in [1.807, 2.05) is 0 Å². The maximum Gasteiger partial charge on any atom is 0.335 e. The van der Waals surface area contributed by atoms with Crippen LogP contribution in [0.5, 0.6) is 0 Å². The number of carboxylic acid groups (broad SMARTS) is 4. The summed E-state index contributed by atoms with van der Waals surface area (Å²) in [5, 5.41) is 41.5. The Hall–Kier alpha value is -5.00. The minimum absolute atomic E-state index is 0.108. The van der Waals surface area contributed by atoms with Crippen molar-refractivity contribution in [1.82, 2.24) is 0 Å². The van der Waals surface area contributed by atoms with Crippen LogP contribution in [0.2, 0.25) is 0 Å². The molecule has 3 aromatic rings. The Kier molecular flexibility index (Phi) is 5.44. The fourth-order valence-electron chi connectivity index (χ4n) is 2.81. The van der Waals surface area contributed by atoms with E-state index in [4.69, 9.17) is 20.4 Å². The van der Waals surface area contributed by atoms with Gasteiger partial charge in [-0.05, 0) is 36.4 Å². The summed E-state index contributed by atoms with van der Waals surface area (Å²) in [5.41, 5.74) is -4.46. The summed E-state index contributed by atoms with van der Waals surface area (Å²) in [7, 11) is 0. The van der Waals surface area contributed by atoms with E-state index in [0.717, 1.165) is 36.4 Å². The van der Waals surface area contributed by atoms with Crippen molar-refractivity contribution in [2.45, 2.75) is 0 Å². The highest BCUT2D eigenvalue weighted by atomic mass is 16.4. The highest BCUT2D eigenvalue weighted by molar-refractivity contribution is 5.97. The molecule has 0 amide bonds. The number of hydrogen-bond donors (Lipinski definition) is 6. The smallest absolute Gasteiger partial charge is 0.335 e. The van der Waals surface area contributed by atoms with Gasteiger partial charge in [0.25, 0.3) is 10.9 Å². The number of aromatic carboxylic acids is 4. The third-order valence-electron chi connectivity index (χ3n) is 4.30. The van der Waals surface area contributed by atoms with Gasteiger partial charge in [-0.2, -0.15) is 0 Å². The zero-order chi connectivity index (χ0) is 23.7. The molecule has 3 rings (SSSR count). The van der Waals surface area contributed by atoms with Gasteiger partial charge in [-0.15, -0.1) is 0 Å². The predicted molar refractivity (Wildman–Crippen MR) is 109 cm³/mol. The van der Waals surface area contributed by atoms with Gasteiger partial charge in [0.05, 0.1) is 22.3 Å². The van der Waals surface area contributed by atoms with E-state index in [-0.39, 0.29) is 45.0 Å². The molecule has 0 saturated heterocycles. The van der Waals surface area contributed by atoms with Crippen LogP contribution in [0, 0.1) is 0 Å². The molecule has 12 heteroatoms. The lowest BCUT2D eigenvalue weighted by Crippen LogP contribution is -2.35. The van der Waals surface area contributed by atoms with Crippen LogP contribution in [0.4, 0.5) is 22.7 Å². The Morgan fingerprint density at radius 2 is 0.750 bits per heavy atom. The molecule has 0 fully saturated rings.